The van der Waals surface area contributed by atoms with E-state index in [1.807, 2.05) is 4.90 Å². The van der Waals surface area contributed by atoms with Gasteiger partial charge in [0.2, 0.25) is 5.91 Å². The molecule has 0 aromatic heterocycles. The van der Waals surface area contributed by atoms with E-state index in [1.54, 1.807) is 0 Å². The number of hydrogen-bond acceptors (Lipinski definition) is 2. The standard InChI is InChI=1S/C12H22N2O/c1-3-14(9-10-5-6-10)11(15)12(2)7-4-8-13-12/h10,13H,3-9H2,1-2H3. The lowest BCUT2D eigenvalue weighted by Gasteiger charge is -2.31. The van der Waals surface area contributed by atoms with Crippen molar-refractivity contribution < 1.29 is 4.79 Å². The Morgan fingerprint density at radius 3 is 2.73 bits per heavy atom. The second-order valence-corrected chi connectivity index (χ2v) is 5.15. The van der Waals surface area contributed by atoms with Crippen LogP contribution in [0.2, 0.25) is 0 Å². The number of likely N-dealkylation sites (N-methyl/N-ethyl adjacent to an activating group) is 1. The van der Waals surface area contributed by atoms with E-state index in [1.165, 1.54) is 12.8 Å². The number of carbonyl (C=O) groups excluding carboxylic acids is 1. The summed E-state index contributed by atoms with van der Waals surface area (Å²) in [4.78, 5) is 14.4. The average Bonchev–Trinajstić information content (AvgIpc) is 2.95. The molecule has 0 aromatic rings. The van der Waals surface area contributed by atoms with Gasteiger partial charge in [-0.15, -0.1) is 0 Å². The van der Waals surface area contributed by atoms with Crippen LogP contribution < -0.4 is 5.32 Å². The maximum absolute atomic E-state index is 12.3. The van der Waals surface area contributed by atoms with Crippen LogP contribution in [0.5, 0.6) is 0 Å². The van der Waals surface area contributed by atoms with E-state index in [4.69, 9.17) is 0 Å². The zero-order valence-electron chi connectivity index (χ0n) is 9.88. The minimum absolute atomic E-state index is 0.273. The van der Waals surface area contributed by atoms with Crippen LogP contribution in [0.3, 0.4) is 0 Å². The first kappa shape index (κ1) is 10.9. The third-order valence-corrected chi connectivity index (χ3v) is 3.69. The molecular formula is C12H22N2O. The van der Waals surface area contributed by atoms with Gasteiger partial charge >= 0.3 is 0 Å². The van der Waals surface area contributed by atoms with Gasteiger partial charge in [-0.25, -0.2) is 0 Å². The molecule has 1 aliphatic carbocycles. The maximum atomic E-state index is 12.3. The highest BCUT2D eigenvalue weighted by atomic mass is 16.2. The molecule has 3 nitrogen and oxygen atoms in total. The van der Waals surface area contributed by atoms with Gasteiger partial charge in [-0.1, -0.05) is 0 Å². The molecule has 1 N–H and O–H groups in total. The van der Waals surface area contributed by atoms with Gasteiger partial charge in [0.1, 0.15) is 0 Å². The van der Waals surface area contributed by atoms with Crippen LogP contribution in [-0.4, -0.2) is 36.0 Å². The van der Waals surface area contributed by atoms with E-state index < -0.39 is 0 Å². The van der Waals surface area contributed by atoms with E-state index in [2.05, 4.69) is 19.2 Å². The molecule has 0 bridgehead atoms. The third-order valence-electron chi connectivity index (χ3n) is 3.69. The van der Waals surface area contributed by atoms with Crippen molar-refractivity contribution in [1.82, 2.24) is 10.2 Å². The van der Waals surface area contributed by atoms with Crippen molar-refractivity contribution in [3.05, 3.63) is 0 Å². The number of amides is 1. The van der Waals surface area contributed by atoms with Crippen LogP contribution in [0.1, 0.15) is 39.5 Å². The molecule has 3 heteroatoms. The first-order chi connectivity index (χ1) is 7.15. The minimum Gasteiger partial charge on any atom is -0.341 e. The highest BCUT2D eigenvalue weighted by Crippen LogP contribution is 2.31. The van der Waals surface area contributed by atoms with Gasteiger partial charge in [0, 0.05) is 13.1 Å². The number of hydrogen-bond donors (Lipinski definition) is 1. The summed E-state index contributed by atoms with van der Waals surface area (Å²) in [5, 5.41) is 3.35. The lowest BCUT2D eigenvalue weighted by Crippen LogP contribution is -2.53. The highest BCUT2D eigenvalue weighted by molar-refractivity contribution is 5.86. The molecule has 0 radical (unpaired) electrons. The smallest absolute Gasteiger partial charge is 0.242 e. The lowest BCUT2D eigenvalue weighted by atomic mass is 9.98. The molecule has 0 aromatic carbocycles. The Balaban J connectivity index is 1.96. The van der Waals surface area contributed by atoms with E-state index in [0.29, 0.717) is 5.91 Å². The molecule has 1 aliphatic heterocycles. The minimum atomic E-state index is -0.273. The fraction of sp³-hybridized carbons (Fsp3) is 0.917. The molecule has 1 unspecified atom stereocenters. The van der Waals surface area contributed by atoms with E-state index in [0.717, 1.165) is 38.4 Å². The molecule has 1 amide bonds. The fourth-order valence-electron chi connectivity index (χ4n) is 2.39. The first-order valence-electron chi connectivity index (χ1n) is 6.20. The van der Waals surface area contributed by atoms with Gasteiger partial charge in [0.15, 0.2) is 0 Å². The Kier molecular flexibility index (Phi) is 3.01. The van der Waals surface area contributed by atoms with Gasteiger partial charge in [-0.05, 0) is 52.0 Å². The number of carbonyl (C=O) groups is 1. The Morgan fingerprint density at radius 2 is 2.27 bits per heavy atom. The lowest BCUT2D eigenvalue weighted by molar-refractivity contribution is -0.137. The summed E-state index contributed by atoms with van der Waals surface area (Å²) < 4.78 is 0. The van der Waals surface area contributed by atoms with Crippen molar-refractivity contribution in [2.45, 2.75) is 45.1 Å². The third kappa shape index (κ3) is 2.33. The van der Waals surface area contributed by atoms with Crippen molar-refractivity contribution in [3.8, 4) is 0 Å². The van der Waals surface area contributed by atoms with E-state index in [-0.39, 0.29) is 5.54 Å². The molecule has 1 saturated carbocycles. The highest BCUT2D eigenvalue weighted by Gasteiger charge is 2.39. The summed E-state index contributed by atoms with van der Waals surface area (Å²) in [6, 6.07) is 0. The van der Waals surface area contributed by atoms with Gasteiger partial charge in [0.25, 0.3) is 0 Å². The molecule has 2 rings (SSSR count). The van der Waals surface area contributed by atoms with Gasteiger partial charge < -0.3 is 10.2 Å². The molecule has 1 heterocycles. The van der Waals surface area contributed by atoms with Crippen LogP contribution in [0.25, 0.3) is 0 Å². The summed E-state index contributed by atoms with van der Waals surface area (Å²) in [6.45, 7) is 6.96. The van der Waals surface area contributed by atoms with E-state index in [9.17, 15) is 4.79 Å². The van der Waals surface area contributed by atoms with Gasteiger partial charge in [0.05, 0.1) is 5.54 Å². The van der Waals surface area contributed by atoms with Crippen LogP contribution in [-0.2, 0) is 4.79 Å². The summed E-state index contributed by atoms with van der Waals surface area (Å²) in [5.74, 6) is 1.10. The van der Waals surface area contributed by atoms with Crippen LogP contribution >= 0.6 is 0 Å². The molecule has 1 saturated heterocycles. The average molecular weight is 210 g/mol. The quantitative estimate of drug-likeness (QED) is 0.760. The largest absolute Gasteiger partial charge is 0.341 e. The molecule has 0 spiro atoms. The summed E-state index contributed by atoms with van der Waals surface area (Å²) in [5.41, 5.74) is -0.273. The molecule has 1 atom stereocenters. The van der Waals surface area contributed by atoms with Gasteiger partial charge in [-0.3, -0.25) is 4.79 Å². The molecule has 15 heavy (non-hydrogen) atoms. The van der Waals surface area contributed by atoms with Crippen LogP contribution in [0.4, 0.5) is 0 Å². The predicted octanol–water partition coefficient (Wildman–Crippen LogP) is 1.39. The predicted molar refractivity (Wildman–Crippen MR) is 60.6 cm³/mol. The van der Waals surface area contributed by atoms with E-state index >= 15 is 0 Å². The first-order valence-corrected chi connectivity index (χ1v) is 6.20. The molecule has 86 valence electrons. The second-order valence-electron chi connectivity index (χ2n) is 5.15. The molecule has 2 fully saturated rings. The maximum Gasteiger partial charge on any atom is 0.242 e. The normalized spacial score (nSPS) is 30.5. The van der Waals surface area contributed by atoms with Crippen molar-refractivity contribution >= 4 is 5.91 Å². The number of nitrogens with one attached hydrogen (secondary N) is 1. The molecular weight excluding hydrogens is 188 g/mol. The number of nitrogens with zero attached hydrogens (tertiary/aromatic N) is 1. The summed E-state index contributed by atoms with van der Waals surface area (Å²) >= 11 is 0. The Hall–Kier alpha value is -0.570. The molecule has 2 aliphatic rings. The fourth-order valence-corrected chi connectivity index (χ4v) is 2.39. The Labute approximate surface area is 92.2 Å². The van der Waals surface area contributed by atoms with Crippen LogP contribution in [0.15, 0.2) is 0 Å². The van der Waals surface area contributed by atoms with Crippen molar-refractivity contribution in [2.75, 3.05) is 19.6 Å². The topological polar surface area (TPSA) is 32.3 Å². The van der Waals surface area contributed by atoms with Crippen molar-refractivity contribution in [1.29, 1.82) is 0 Å². The zero-order valence-corrected chi connectivity index (χ0v) is 9.88. The second kappa shape index (κ2) is 4.12. The van der Waals surface area contributed by atoms with Crippen molar-refractivity contribution in [2.24, 2.45) is 5.92 Å². The Bertz CT molecular complexity index is 242. The monoisotopic (exact) mass is 210 g/mol. The Morgan fingerprint density at radius 1 is 1.53 bits per heavy atom. The summed E-state index contributed by atoms with van der Waals surface area (Å²) in [6.07, 6.45) is 4.75. The zero-order chi connectivity index (χ0) is 10.9. The SMILES string of the molecule is CCN(CC1CC1)C(=O)C1(C)CCCN1. The number of rotatable bonds is 4. The van der Waals surface area contributed by atoms with Gasteiger partial charge in [-0.2, -0.15) is 0 Å². The van der Waals surface area contributed by atoms with Crippen molar-refractivity contribution in [3.63, 3.8) is 0 Å². The van der Waals surface area contributed by atoms with Crippen LogP contribution in [0, 0.1) is 5.92 Å². The summed E-state index contributed by atoms with van der Waals surface area (Å²) in [7, 11) is 0.